The van der Waals surface area contributed by atoms with Crippen LogP contribution in [-0.4, -0.2) is 11.9 Å². The highest BCUT2D eigenvalue weighted by atomic mass is 32.1. The van der Waals surface area contributed by atoms with Crippen LogP contribution in [-0.2, 0) is 4.79 Å². The maximum Gasteiger partial charge on any atom is 0.234 e. The van der Waals surface area contributed by atoms with Gasteiger partial charge in [0, 0.05) is 4.88 Å². The van der Waals surface area contributed by atoms with Gasteiger partial charge in [-0.2, -0.15) is 0 Å². The Kier molecular flexibility index (Phi) is 4.35. The number of primary amides is 1. The summed E-state index contributed by atoms with van der Waals surface area (Å²) >= 11 is 1.67. The summed E-state index contributed by atoms with van der Waals surface area (Å²) in [7, 11) is 0. The molecule has 0 radical (unpaired) electrons. The van der Waals surface area contributed by atoms with Gasteiger partial charge >= 0.3 is 0 Å². The average Bonchev–Trinajstić information content (AvgIpc) is 2.90. The molecular weight excluding hydrogens is 256 g/mol. The van der Waals surface area contributed by atoms with Gasteiger partial charge in [0.2, 0.25) is 5.91 Å². The number of rotatable bonds is 5. The molecule has 4 heteroatoms. The topological polar surface area (TPSA) is 55.1 Å². The van der Waals surface area contributed by atoms with E-state index in [-0.39, 0.29) is 18.0 Å². The molecule has 1 aromatic carbocycles. The molecule has 0 aliphatic carbocycles. The molecule has 0 spiro atoms. The van der Waals surface area contributed by atoms with Crippen LogP contribution in [0.5, 0.6) is 0 Å². The average molecular weight is 274 g/mol. The van der Waals surface area contributed by atoms with Crippen LogP contribution in [0.1, 0.15) is 29.0 Å². The lowest BCUT2D eigenvalue weighted by molar-refractivity contribution is -0.119. The van der Waals surface area contributed by atoms with Crippen LogP contribution in [0, 0.1) is 6.92 Å². The smallest absolute Gasteiger partial charge is 0.234 e. The molecule has 0 unspecified atom stereocenters. The summed E-state index contributed by atoms with van der Waals surface area (Å²) in [5, 5.41) is 5.33. The molecule has 0 aliphatic heterocycles. The molecule has 0 fully saturated rings. The quantitative estimate of drug-likeness (QED) is 0.880. The van der Waals surface area contributed by atoms with Crippen molar-refractivity contribution in [1.29, 1.82) is 0 Å². The maximum atomic E-state index is 11.3. The third-order valence-electron chi connectivity index (χ3n) is 3.08. The van der Waals surface area contributed by atoms with Crippen molar-refractivity contribution in [2.75, 3.05) is 0 Å². The number of benzene rings is 1. The van der Waals surface area contributed by atoms with E-state index >= 15 is 0 Å². The van der Waals surface area contributed by atoms with Crippen LogP contribution in [0.25, 0.3) is 0 Å². The standard InChI is InChI=1S/C15H18N2OS/c1-10-5-7-12(8-6-10)14(13-4-3-9-19-13)17-11(2)15(16)18/h3-9,11,14,17H,1-2H3,(H2,16,18)/t11-,14-/m1/s1. The summed E-state index contributed by atoms with van der Waals surface area (Å²) in [6.45, 7) is 3.85. The van der Waals surface area contributed by atoms with Crippen LogP contribution < -0.4 is 11.1 Å². The van der Waals surface area contributed by atoms with E-state index in [4.69, 9.17) is 5.73 Å². The first-order chi connectivity index (χ1) is 9.08. The van der Waals surface area contributed by atoms with E-state index in [9.17, 15) is 4.79 Å². The molecule has 2 rings (SSSR count). The second kappa shape index (κ2) is 5.99. The Hall–Kier alpha value is -1.65. The van der Waals surface area contributed by atoms with Gasteiger partial charge in [-0.15, -0.1) is 11.3 Å². The molecule has 0 aliphatic rings. The Labute approximate surface area is 117 Å². The molecule has 0 bridgehead atoms. The highest BCUT2D eigenvalue weighted by Gasteiger charge is 2.19. The molecular formula is C15H18N2OS. The first-order valence-corrected chi connectivity index (χ1v) is 7.11. The summed E-state index contributed by atoms with van der Waals surface area (Å²) in [6, 6.07) is 12.0. The van der Waals surface area contributed by atoms with Crippen molar-refractivity contribution in [3.05, 3.63) is 57.8 Å². The van der Waals surface area contributed by atoms with Crippen molar-refractivity contribution >= 4 is 17.2 Å². The number of nitrogens with two attached hydrogens (primary N) is 1. The maximum absolute atomic E-state index is 11.3. The van der Waals surface area contributed by atoms with E-state index in [1.807, 2.05) is 11.4 Å². The largest absolute Gasteiger partial charge is 0.368 e. The summed E-state index contributed by atoms with van der Waals surface area (Å²) in [5.41, 5.74) is 7.70. The summed E-state index contributed by atoms with van der Waals surface area (Å²) in [6.07, 6.45) is 0. The Morgan fingerprint density at radius 3 is 2.47 bits per heavy atom. The Bertz CT molecular complexity index is 534. The van der Waals surface area contributed by atoms with Gasteiger partial charge < -0.3 is 5.73 Å². The first kappa shape index (κ1) is 13.8. The lowest BCUT2D eigenvalue weighted by atomic mass is 10.0. The first-order valence-electron chi connectivity index (χ1n) is 6.23. The van der Waals surface area contributed by atoms with Gasteiger partial charge in [-0.1, -0.05) is 35.9 Å². The zero-order chi connectivity index (χ0) is 13.8. The SMILES string of the molecule is Cc1ccc([C@@H](N[C@H](C)C(N)=O)c2cccs2)cc1. The molecule has 3 nitrogen and oxygen atoms in total. The monoisotopic (exact) mass is 274 g/mol. The molecule has 19 heavy (non-hydrogen) atoms. The van der Waals surface area contributed by atoms with Crippen LogP contribution in [0.3, 0.4) is 0 Å². The molecule has 1 heterocycles. The second-order valence-electron chi connectivity index (χ2n) is 4.65. The predicted octanol–water partition coefficient (Wildman–Crippen LogP) is 2.61. The van der Waals surface area contributed by atoms with E-state index in [2.05, 4.69) is 42.6 Å². The van der Waals surface area contributed by atoms with Crippen molar-refractivity contribution < 1.29 is 4.79 Å². The minimum atomic E-state index is -0.367. The van der Waals surface area contributed by atoms with Crippen LogP contribution in [0.2, 0.25) is 0 Å². The fourth-order valence-electron chi connectivity index (χ4n) is 1.89. The number of carbonyl (C=O) groups is 1. The third kappa shape index (κ3) is 3.43. The molecule has 100 valence electrons. The van der Waals surface area contributed by atoms with Gasteiger partial charge in [0.25, 0.3) is 0 Å². The molecule has 3 N–H and O–H groups in total. The number of hydrogen-bond acceptors (Lipinski definition) is 3. The minimum absolute atomic E-state index is 0.00287. The lowest BCUT2D eigenvalue weighted by Gasteiger charge is -2.21. The van der Waals surface area contributed by atoms with Gasteiger partial charge in [-0.3, -0.25) is 10.1 Å². The Morgan fingerprint density at radius 1 is 1.26 bits per heavy atom. The van der Waals surface area contributed by atoms with Crippen molar-refractivity contribution in [3.63, 3.8) is 0 Å². The van der Waals surface area contributed by atoms with E-state index < -0.39 is 0 Å². The summed E-state index contributed by atoms with van der Waals surface area (Å²) < 4.78 is 0. The van der Waals surface area contributed by atoms with Crippen molar-refractivity contribution in [2.45, 2.75) is 25.9 Å². The number of hydrogen-bond donors (Lipinski definition) is 2. The predicted molar refractivity (Wildman–Crippen MR) is 79.1 cm³/mol. The van der Waals surface area contributed by atoms with E-state index in [0.717, 1.165) is 5.56 Å². The minimum Gasteiger partial charge on any atom is -0.368 e. The van der Waals surface area contributed by atoms with Gasteiger partial charge in [-0.05, 0) is 30.9 Å². The summed E-state index contributed by atoms with van der Waals surface area (Å²) in [5.74, 6) is -0.339. The van der Waals surface area contributed by atoms with E-state index in [0.29, 0.717) is 0 Å². The molecule has 2 atom stereocenters. The molecule has 1 aromatic heterocycles. The van der Waals surface area contributed by atoms with Crippen LogP contribution >= 0.6 is 11.3 Å². The van der Waals surface area contributed by atoms with Gasteiger partial charge in [0.05, 0.1) is 12.1 Å². The zero-order valence-electron chi connectivity index (χ0n) is 11.1. The molecule has 1 amide bonds. The third-order valence-corrected chi connectivity index (χ3v) is 4.02. The Morgan fingerprint density at radius 2 is 1.95 bits per heavy atom. The number of amides is 1. The van der Waals surface area contributed by atoms with Crippen molar-refractivity contribution in [3.8, 4) is 0 Å². The van der Waals surface area contributed by atoms with Crippen molar-refractivity contribution in [2.24, 2.45) is 5.73 Å². The molecule has 0 saturated heterocycles. The highest BCUT2D eigenvalue weighted by Crippen LogP contribution is 2.26. The lowest BCUT2D eigenvalue weighted by Crippen LogP contribution is -2.40. The summed E-state index contributed by atoms with van der Waals surface area (Å²) in [4.78, 5) is 12.4. The van der Waals surface area contributed by atoms with Crippen LogP contribution in [0.4, 0.5) is 0 Å². The zero-order valence-corrected chi connectivity index (χ0v) is 11.9. The van der Waals surface area contributed by atoms with Gasteiger partial charge in [0.15, 0.2) is 0 Å². The van der Waals surface area contributed by atoms with E-state index in [1.165, 1.54) is 10.4 Å². The van der Waals surface area contributed by atoms with Crippen LogP contribution in [0.15, 0.2) is 41.8 Å². The fraction of sp³-hybridized carbons (Fsp3) is 0.267. The van der Waals surface area contributed by atoms with E-state index in [1.54, 1.807) is 18.3 Å². The normalized spacial score (nSPS) is 14.0. The second-order valence-corrected chi connectivity index (χ2v) is 5.63. The number of nitrogens with one attached hydrogen (secondary N) is 1. The Balaban J connectivity index is 2.29. The number of aryl methyl sites for hydroxylation is 1. The van der Waals surface area contributed by atoms with Gasteiger partial charge in [-0.25, -0.2) is 0 Å². The fourth-order valence-corrected chi connectivity index (χ4v) is 2.70. The van der Waals surface area contributed by atoms with Gasteiger partial charge in [0.1, 0.15) is 0 Å². The van der Waals surface area contributed by atoms with Crippen molar-refractivity contribution in [1.82, 2.24) is 5.32 Å². The molecule has 0 saturated carbocycles. The highest BCUT2D eigenvalue weighted by molar-refractivity contribution is 7.10. The molecule has 2 aromatic rings. The number of thiophene rings is 1. The number of carbonyl (C=O) groups excluding carboxylic acids is 1.